The van der Waals surface area contributed by atoms with E-state index in [4.69, 9.17) is 14.6 Å². The van der Waals surface area contributed by atoms with Gasteiger partial charge in [0.2, 0.25) is 0 Å². The molecule has 0 atom stereocenters. The van der Waals surface area contributed by atoms with E-state index in [-0.39, 0.29) is 11.7 Å². The number of aromatic carboxylic acids is 1. The molecule has 0 bridgehead atoms. The molecule has 0 aliphatic carbocycles. The highest BCUT2D eigenvalue weighted by Crippen LogP contribution is 2.03. The maximum absolute atomic E-state index is 10.6. The normalized spacial score (nSPS) is 10.5. The molecule has 1 aromatic heterocycles. The molecule has 0 saturated heterocycles. The summed E-state index contributed by atoms with van der Waals surface area (Å²) in [7, 11) is 0. The maximum atomic E-state index is 10.6. The molecule has 0 aromatic carbocycles. The molecule has 0 spiro atoms. The van der Waals surface area contributed by atoms with Crippen LogP contribution in [0.15, 0.2) is 12.3 Å². The van der Waals surface area contributed by atoms with Gasteiger partial charge in [0.25, 0.3) is 0 Å². The number of carboxylic acid groups (broad SMARTS) is 1. The predicted molar refractivity (Wildman–Crippen MR) is 60.1 cm³/mol. The summed E-state index contributed by atoms with van der Waals surface area (Å²) in [5.74, 6) is -0.630. The summed E-state index contributed by atoms with van der Waals surface area (Å²) in [6.07, 6.45) is 1.35. The topological polar surface area (TPSA) is 81.5 Å². The Morgan fingerprint density at radius 1 is 1.47 bits per heavy atom. The van der Waals surface area contributed by atoms with Gasteiger partial charge in [-0.15, -0.1) is 0 Å². The van der Waals surface area contributed by atoms with Crippen LogP contribution in [0.5, 0.6) is 6.01 Å². The summed E-state index contributed by atoms with van der Waals surface area (Å²) >= 11 is 0. The van der Waals surface area contributed by atoms with Gasteiger partial charge in [-0.05, 0) is 12.0 Å². The molecule has 6 heteroatoms. The van der Waals surface area contributed by atoms with E-state index in [0.29, 0.717) is 25.7 Å². The Labute approximate surface area is 99.6 Å². The lowest BCUT2D eigenvalue weighted by Crippen LogP contribution is -2.12. The number of nitrogens with zero attached hydrogens (tertiary/aromatic N) is 2. The van der Waals surface area contributed by atoms with E-state index in [9.17, 15) is 4.79 Å². The van der Waals surface area contributed by atoms with Crippen molar-refractivity contribution in [3.63, 3.8) is 0 Å². The summed E-state index contributed by atoms with van der Waals surface area (Å²) in [6.45, 7) is 5.51. The second-order valence-corrected chi connectivity index (χ2v) is 3.85. The highest BCUT2D eigenvalue weighted by Gasteiger charge is 2.06. The Morgan fingerprint density at radius 3 is 2.88 bits per heavy atom. The van der Waals surface area contributed by atoms with Crippen molar-refractivity contribution < 1.29 is 19.4 Å². The van der Waals surface area contributed by atoms with E-state index in [2.05, 4.69) is 23.8 Å². The third kappa shape index (κ3) is 5.26. The maximum Gasteiger partial charge on any atom is 0.354 e. The molecule has 0 aliphatic heterocycles. The van der Waals surface area contributed by atoms with Crippen LogP contribution in [0.2, 0.25) is 0 Å². The fraction of sp³-hybridized carbons (Fsp3) is 0.545. The van der Waals surface area contributed by atoms with E-state index in [1.807, 2.05) is 0 Å². The third-order valence-corrected chi connectivity index (χ3v) is 1.76. The lowest BCUT2D eigenvalue weighted by atomic mass is 10.2. The van der Waals surface area contributed by atoms with Gasteiger partial charge in [-0.1, -0.05) is 13.8 Å². The van der Waals surface area contributed by atoms with Gasteiger partial charge >= 0.3 is 12.0 Å². The second kappa shape index (κ2) is 6.80. The monoisotopic (exact) mass is 240 g/mol. The summed E-state index contributed by atoms with van der Waals surface area (Å²) in [4.78, 5) is 18.2. The second-order valence-electron chi connectivity index (χ2n) is 3.85. The molecule has 17 heavy (non-hydrogen) atoms. The third-order valence-electron chi connectivity index (χ3n) is 1.76. The van der Waals surface area contributed by atoms with E-state index >= 15 is 0 Å². The first-order valence-electron chi connectivity index (χ1n) is 5.36. The Kier molecular flexibility index (Phi) is 5.35. The molecule has 0 unspecified atom stereocenters. The number of aromatic nitrogens is 2. The van der Waals surface area contributed by atoms with Crippen LogP contribution < -0.4 is 4.74 Å². The average Bonchev–Trinajstić information content (AvgIpc) is 2.28. The van der Waals surface area contributed by atoms with Crippen molar-refractivity contribution in [3.05, 3.63) is 18.0 Å². The Hall–Kier alpha value is -1.69. The molecular weight excluding hydrogens is 224 g/mol. The van der Waals surface area contributed by atoms with Gasteiger partial charge in [0.05, 0.1) is 6.61 Å². The van der Waals surface area contributed by atoms with Crippen LogP contribution in [0.3, 0.4) is 0 Å². The molecule has 0 aliphatic rings. The lowest BCUT2D eigenvalue weighted by molar-refractivity contribution is 0.0683. The fourth-order valence-corrected chi connectivity index (χ4v) is 1.04. The van der Waals surface area contributed by atoms with Crippen molar-refractivity contribution in [1.82, 2.24) is 9.97 Å². The van der Waals surface area contributed by atoms with Gasteiger partial charge in [0.15, 0.2) is 5.69 Å². The minimum absolute atomic E-state index is 0.0537. The van der Waals surface area contributed by atoms with Crippen LogP contribution in [0.1, 0.15) is 24.3 Å². The zero-order valence-corrected chi connectivity index (χ0v) is 9.92. The van der Waals surface area contributed by atoms with Crippen LogP contribution in [0.4, 0.5) is 0 Å². The molecule has 0 amide bonds. The Morgan fingerprint density at radius 2 is 2.24 bits per heavy atom. The predicted octanol–water partition coefficient (Wildman–Crippen LogP) is 1.23. The molecule has 94 valence electrons. The summed E-state index contributed by atoms with van der Waals surface area (Å²) < 4.78 is 10.5. The zero-order valence-electron chi connectivity index (χ0n) is 9.92. The summed E-state index contributed by atoms with van der Waals surface area (Å²) in [5, 5.41) is 8.71. The van der Waals surface area contributed by atoms with Gasteiger partial charge in [-0.2, -0.15) is 4.98 Å². The van der Waals surface area contributed by atoms with Crippen LogP contribution in [-0.4, -0.2) is 40.9 Å². The minimum Gasteiger partial charge on any atom is -0.477 e. The molecule has 1 heterocycles. The molecule has 1 rings (SSSR count). The number of carbonyl (C=O) groups is 1. The molecule has 6 nitrogen and oxygen atoms in total. The largest absolute Gasteiger partial charge is 0.477 e. The number of rotatable bonds is 7. The quantitative estimate of drug-likeness (QED) is 0.722. The average molecular weight is 240 g/mol. The van der Waals surface area contributed by atoms with Crippen molar-refractivity contribution in [1.29, 1.82) is 0 Å². The van der Waals surface area contributed by atoms with E-state index in [0.717, 1.165) is 0 Å². The standard InChI is InChI=1S/C11H16N2O4/c1-8(2)7-16-5-6-17-11-12-4-3-9(13-11)10(14)15/h3-4,8H,5-7H2,1-2H3,(H,14,15). The van der Waals surface area contributed by atoms with Crippen molar-refractivity contribution >= 4 is 5.97 Å². The van der Waals surface area contributed by atoms with Crippen LogP contribution in [0, 0.1) is 5.92 Å². The van der Waals surface area contributed by atoms with E-state index < -0.39 is 5.97 Å². The Bertz CT molecular complexity index is 368. The van der Waals surface area contributed by atoms with E-state index in [1.54, 1.807) is 0 Å². The molecule has 0 fully saturated rings. The van der Waals surface area contributed by atoms with Gasteiger partial charge in [0.1, 0.15) is 6.61 Å². The van der Waals surface area contributed by atoms with Crippen LogP contribution >= 0.6 is 0 Å². The van der Waals surface area contributed by atoms with Gasteiger partial charge in [-0.25, -0.2) is 9.78 Å². The Balaban J connectivity index is 2.31. The summed E-state index contributed by atoms with van der Waals surface area (Å²) in [5.41, 5.74) is -0.0851. The van der Waals surface area contributed by atoms with E-state index in [1.165, 1.54) is 12.3 Å². The van der Waals surface area contributed by atoms with Gasteiger partial charge < -0.3 is 14.6 Å². The first-order chi connectivity index (χ1) is 8.09. The molecule has 0 radical (unpaired) electrons. The number of hydrogen-bond acceptors (Lipinski definition) is 5. The zero-order chi connectivity index (χ0) is 12.7. The van der Waals surface area contributed by atoms with Crippen molar-refractivity contribution in [3.8, 4) is 6.01 Å². The first-order valence-corrected chi connectivity index (χ1v) is 5.36. The smallest absolute Gasteiger partial charge is 0.354 e. The molecule has 0 saturated carbocycles. The number of hydrogen-bond donors (Lipinski definition) is 1. The molecular formula is C11H16N2O4. The lowest BCUT2D eigenvalue weighted by Gasteiger charge is -2.07. The summed E-state index contributed by atoms with van der Waals surface area (Å²) in [6, 6.07) is 1.36. The number of ether oxygens (including phenoxy) is 2. The van der Waals surface area contributed by atoms with Crippen molar-refractivity contribution in [2.45, 2.75) is 13.8 Å². The first kappa shape index (κ1) is 13.4. The van der Waals surface area contributed by atoms with Crippen molar-refractivity contribution in [2.24, 2.45) is 5.92 Å². The molecule has 1 N–H and O–H groups in total. The van der Waals surface area contributed by atoms with Crippen molar-refractivity contribution in [2.75, 3.05) is 19.8 Å². The highest BCUT2D eigenvalue weighted by atomic mass is 16.5. The highest BCUT2D eigenvalue weighted by molar-refractivity contribution is 5.85. The fourth-order valence-electron chi connectivity index (χ4n) is 1.04. The van der Waals surface area contributed by atoms with Crippen LogP contribution in [0.25, 0.3) is 0 Å². The van der Waals surface area contributed by atoms with Crippen LogP contribution in [-0.2, 0) is 4.74 Å². The van der Waals surface area contributed by atoms with Gasteiger partial charge in [0, 0.05) is 12.8 Å². The van der Waals surface area contributed by atoms with Gasteiger partial charge in [-0.3, -0.25) is 0 Å². The SMILES string of the molecule is CC(C)COCCOc1nccc(C(=O)O)n1. The molecule has 1 aromatic rings. The number of carboxylic acids is 1. The minimum atomic E-state index is -1.10.